The number of methoxy groups -OCH3 is 1. The zero-order chi connectivity index (χ0) is 28.4. The standard InChI is InChI=1S/C28H26ClN7O4/c1-40-28(39)34-21-6-3-16-2-5-20(10-17(16)11-21)33-27(38)25-9-7-22-12-18(13-26(37)36(22)25)23-14-19(29)4-8-24(23)35(31)15-32-30/h2-6,8,10-15,25H,7,9,30-31H2,1H3,(H,33,38)(H,34,39)/b32-15-. The summed E-state index contributed by atoms with van der Waals surface area (Å²) in [6, 6.07) is 18.6. The third-order valence-electron chi connectivity index (χ3n) is 6.71. The normalized spacial score (nSPS) is 14.2. The van der Waals surface area contributed by atoms with Crippen LogP contribution in [0.1, 0.15) is 18.2 Å². The first-order valence-electron chi connectivity index (χ1n) is 12.3. The maximum absolute atomic E-state index is 13.3. The van der Waals surface area contributed by atoms with Crippen molar-refractivity contribution in [1.29, 1.82) is 0 Å². The van der Waals surface area contributed by atoms with Gasteiger partial charge in [-0.05, 0) is 77.7 Å². The summed E-state index contributed by atoms with van der Waals surface area (Å²) in [7, 11) is 1.29. The van der Waals surface area contributed by atoms with Crippen LogP contribution in [0.4, 0.5) is 21.9 Å². The summed E-state index contributed by atoms with van der Waals surface area (Å²) in [6.45, 7) is 0. The maximum atomic E-state index is 13.3. The molecule has 0 radical (unpaired) electrons. The largest absolute Gasteiger partial charge is 0.453 e. The number of hydrazine groups is 1. The highest BCUT2D eigenvalue weighted by atomic mass is 35.5. The zero-order valence-corrected chi connectivity index (χ0v) is 22.2. The minimum absolute atomic E-state index is 0.299. The number of amides is 2. The molecule has 12 heteroatoms. The van der Waals surface area contributed by atoms with Crippen molar-refractivity contribution in [3.8, 4) is 11.1 Å². The third kappa shape index (κ3) is 5.33. The molecule has 11 nitrogen and oxygen atoms in total. The van der Waals surface area contributed by atoms with Gasteiger partial charge in [-0.25, -0.2) is 10.6 Å². The van der Waals surface area contributed by atoms with Gasteiger partial charge in [0.05, 0.1) is 12.8 Å². The van der Waals surface area contributed by atoms with E-state index < -0.39 is 12.1 Å². The van der Waals surface area contributed by atoms with E-state index in [9.17, 15) is 14.4 Å². The molecule has 4 aromatic rings. The fourth-order valence-corrected chi connectivity index (χ4v) is 5.07. The first-order chi connectivity index (χ1) is 19.3. The van der Waals surface area contributed by atoms with Gasteiger partial charge in [0, 0.05) is 33.7 Å². The Morgan fingerprint density at radius 1 is 1.05 bits per heavy atom. The Labute approximate surface area is 233 Å². The molecule has 2 heterocycles. The molecule has 1 aliphatic rings. The van der Waals surface area contributed by atoms with Crippen LogP contribution >= 0.6 is 11.6 Å². The highest BCUT2D eigenvalue weighted by Crippen LogP contribution is 2.34. The number of hydrazone groups is 1. The molecule has 0 saturated carbocycles. The molecule has 204 valence electrons. The Morgan fingerprint density at radius 2 is 1.77 bits per heavy atom. The SMILES string of the molecule is COC(=O)Nc1ccc2ccc(NC(=O)C3CCc4cc(-c5cc(Cl)ccc5N(N)/C=N\N)cc(=O)n43)cc2c1. The van der Waals surface area contributed by atoms with Gasteiger partial charge in [0.25, 0.3) is 5.56 Å². The monoisotopic (exact) mass is 559 g/mol. The lowest BCUT2D eigenvalue weighted by molar-refractivity contribution is -0.119. The molecule has 1 atom stereocenters. The number of halogens is 1. The highest BCUT2D eigenvalue weighted by molar-refractivity contribution is 6.31. The predicted molar refractivity (Wildman–Crippen MR) is 156 cm³/mol. The molecule has 0 aliphatic carbocycles. The van der Waals surface area contributed by atoms with E-state index in [4.69, 9.17) is 23.3 Å². The number of aryl methyl sites for hydroxylation is 1. The Bertz CT molecular complexity index is 1720. The second kappa shape index (κ2) is 11.1. The molecule has 5 rings (SSSR count). The summed E-state index contributed by atoms with van der Waals surface area (Å²) in [6.07, 6.45) is 1.68. The number of hydrogen-bond donors (Lipinski definition) is 4. The lowest BCUT2D eigenvalue weighted by Crippen LogP contribution is -2.31. The number of pyridine rings is 1. The maximum Gasteiger partial charge on any atom is 0.411 e. The molecule has 0 bridgehead atoms. The summed E-state index contributed by atoms with van der Waals surface area (Å²) >= 11 is 6.24. The molecule has 0 fully saturated rings. The van der Waals surface area contributed by atoms with E-state index in [-0.39, 0.29) is 11.5 Å². The first-order valence-corrected chi connectivity index (χ1v) is 12.7. The van der Waals surface area contributed by atoms with Crippen molar-refractivity contribution in [2.45, 2.75) is 18.9 Å². The second-order valence-corrected chi connectivity index (χ2v) is 9.65. The minimum atomic E-state index is -0.672. The smallest absolute Gasteiger partial charge is 0.411 e. The summed E-state index contributed by atoms with van der Waals surface area (Å²) in [4.78, 5) is 38.2. The van der Waals surface area contributed by atoms with Crippen LogP contribution in [-0.4, -0.2) is 30.0 Å². The lowest BCUT2D eigenvalue weighted by atomic mass is 10.0. The van der Waals surface area contributed by atoms with Gasteiger partial charge < -0.3 is 20.5 Å². The van der Waals surface area contributed by atoms with Crippen LogP contribution in [0.2, 0.25) is 5.02 Å². The number of nitrogens with zero attached hydrogens (tertiary/aromatic N) is 3. The number of anilines is 3. The van der Waals surface area contributed by atoms with E-state index in [2.05, 4.69) is 20.5 Å². The number of benzene rings is 3. The first kappa shape index (κ1) is 26.7. The van der Waals surface area contributed by atoms with Crippen molar-refractivity contribution in [1.82, 2.24) is 4.57 Å². The molecule has 2 amide bonds. The van der Waals surface area contributed by atoms with Crippen molar-refractivity contribution in [2.24, 2.45) is 16.8 Å². The van der Waals surface area contributed by atoms with E-state index >= 15 is 0 Å². The number of nitrogens with one attached hydrogen (secondary N) is 2. The van der Waals surface area contributed by atoms with Gasteiger partial charge in [-0.1, -0.05) is 23.7 Å². The van der Waals surface area contributed by atoms with Gasteiger partial charge in [-0.3, -0.25) is 19.9 Å². The van der Waals surface area contributed by atoms with E-state index in [0.29, 0.717) is 46.1 Å². The van der Waals surface area contributed by atoms with Crippen LogP contribution in [0.3, 0.4) is 0 Å². The van der Waals surface area contributed by atoms with Crippen molar-refractivity contribution in [3.05, 3.63) is 87.8 Å². The van der Waals surface area contributed by atoms with Gasteiger partial charge in [0.2, 0.25) is 5.91 Å². The van der Waals surface area contributed by atoms with E-state index in [1.54, 1.807) is 42.5 Å². The molecule has 1 aliphatic heterocycles. The third-order valence-corrected chi connectivity index (χ3v) is 6.95. The number of fused-ring (bicyclic) bond motifs is 2. The average Bonchev–Trinajstić information content (AvgIpc) is 3.38. The van der Waals surface area contributed by atoms with E-state index in [1.165, 1.54) is 29.1 Å². The van der Waals surface area contributed by atoms with Crippen molar-refractivity contribution >= 4 is 57.8 Å². The van der Waals surface area contributed by atoms with Crippen molar-refractivity contribution in [2.75, 3.05) is 22.8 Å². The quantitative estimate of drug-likeness (QED) is 0.119. The van der Waals surface area contributed by atoms with Crippen LogP contribution in [-0.2, 0) is 16.0 Å². The fraction of sp³-hybridized carbons (Fsp3) is 0.143. The molecule has 3 aromatic carbocycles. The van der Waals surface area contributed by atoms with Gasteiger partial charge in [-0.15, -0.1) is 0 Å². The average molecular weight is 560 g/mol. The van der Waals surface area contributed by atoms with Gasteiger partial charge >= 0.3 is 6.09 Å². The number of hydrogen-bond acceptors (Lipinski definition) is 7. The van der Waals surface area contributed by atoms with Crippen LogP contribution in [0.15, 0.2) is 76.6 Å². The number of rotatable bonds is 6. The predicted octanol–water partition coefficient (Wildman–Crippen LogP) is 4.21. The molecule has 1 unspecified atom stereocenters. The summed E-state index contributed by atoms with van der Waals surface area (Å²) < 4.78 is 6.16. The zero-order valence-electron chi connectivity index (χ0n) is 21.4. The Kier molecular flexibility index (Phi) is 7.41. The Hall–Kier alpha value is -4.87. The van der Waals surface area contributed by atoms with Crippen molar-refractivity contribution < 1.29 is 14.3 Å². The molecule has 0 saturated heterocycles. The van der Waals surface area contributed by atoms with Gasteiger partial charge in [0.1, 0.15) is 12.4 Å². The lowest BCUT2D eigenvalue weighted by Gasteiger charge is -2.19. The van der Waals surface area contributed by atoms with Crippen LogP contribution < -0.4 is 32.9 Å². The van der Waals surface area contributed by atoms with Gasteiger partial charge in [-0.2, -0.15) is 5.10 Å². The molecular formula is C28H26ClN7O4. The van der Waals surface area contributed by atoms with Crippen LogP contribution in [0, 0.1) is 0 Å². The summed E-state index contributed by atoms with van der Waals surface area (Å²) in [5, 5.41) is 12.5. The second-order valence-electron chi connectivity index (χ2n) is 9.21. The fourth-order valence-electron chi connectivity index (χ4n) is 4.89. The minimum Gasteiger partial charge on any atom is -0.453 e. The van der Waals surface area contributed by atoms with Crippen molar-refractivity contribution in [3.63, 3.8) is 0 Å². The molecular weight excluding hydrogens is 534 g/mol. The van der Waals surface area contributed by atoms with Crippen LogP contribution in [0.25, 0.3) is 21.9 Å². The molecule has 6 N–H and O–H groups in total. The molecule has 40 heavy (non-hydrogen) atoms. The number of aromatic nitrogens is 1. The Morgan fingerprint density at radius 3 is 2.48 bits per heavy atom. The summed E-state index contributed by atoms with van der Waals surface area (Å²) in [5.74, 6) is 11.0. The number of ether oxygens (including phenoxy) is 1. The van der Waals surface area contributed by atoms with E-state index in [1.807, 2.05) is 18.2 Å². The topological polar surface area (TPSA) is 157 Å². The molecule has 1 aromatic heterocycles. The van der Waals surface area contributed by atoms with Crippen LogP contribution in [0.5, 0.6) is 0 Å². The highest BCUT2D eigenvalue weighted by Gasteiger charge is 2.30. The van der Waals surface area contributed by atoms with E-state index in [0.717, 1.165) is 16.5 Å². The Balaban J connectivity index is 1.41. The number of carbonyl (C=O) groups is 2. The number of nitrogens with two attached hydrogens (primary N) is 2. The molecule has 0 spiro atoms. The summed E-state index contributed by atoms with van der Waals surface area (Å²) in [5.41, 5.74) is 3.33. The van der Waals surface area contributed by atoms with Gasteiger partial charge in [0.15, 0.2) is 0 Å². The number of carbonyl (C=O) groups excluding carboxylic acids is 2.